The zero-order valence-corrected chi connectivity index (χ0v) is 11.0. The van der Waals surface area contributed by atoms with Crippen molar-refractivity contribution < 1.29 is 4.79 Å². The molecule has 20 heavy (non-hydrogen) atoms. The minimum absolute atomic E-state index is 0.0777. The third-order valence-corrected chi connectivity index (χ3v) is 3.99. The number of nitrogens with one attached hydrogen (secondary N) is 1. The Kier molecular flexibility index (Phi) is 2.48. The van der Waals surface area contributed by atoms with Gasteiger partial charge in [-0.15, -0.1) is 10.2 Å². The Morgan fingerprint density at radius 3 is 3.20 bits per heavy atom. The standard InChI is InChI=1S/C14H15N5O/c20-14(11-1-2-12-10(7-11)3-4-15-12)18-5-6-19-9-16-17-13(19)8-18/h1-2,7,9,15H,3-6,8H2. The summed E-state index contributed by atoms with van der Waals surface area (Å²) in [4.78, 5) is 14.4. The highest BCUT2D eigenvalue weighted by atomic mass is 16.2. The molecule has 0 saturated carbocycles. The number of fused-ring (bicyclic) bond motifs is 2. The number of benzene rings is 1. The average molecular weight is 269 g/mol. The molecule has 2 aliphatic heterocycles. The highest BCUT2D eigenvalue weighted by molar-refractivity contribution is 5.95. The van der Waals surface area contributed by atoms with Crippen molar-refractivity contribution in [2.45, 2.75) is 19.5 Å². The van der Waals surface area contributed by atoms with Gasteiger partial charge < -0.3 is 14.8 Å². The fraction of sp³-hybridized carbons (Fsp3) is 0.357. The molecule has 2 aliphatic rings. The van der Waals surface area contributed by atoms with Crippen molar-refractivity contribution in [3.63, 3.8) is 0 Å². The van der Waals surface area contributed by atoms with Gasteiger partial charge in [-0.05, 0) is 30.2 Å². The molecule has 1 aromatic carbocycles. The Morgan fingerprint density at radius 1 is 1.30 bits per heavy atom. The zero-order valence-electron chi connectivity index (χ0n) is 11.0. The van der Waals surface area contributed by atoms with E-state index in [-0.39, 0.29) is 5.91 Å². The van der Waals surface area contributed by atoms with Crippen LogP contribution in [0.4, 0.5) is 5.69 Å². The molecule has 0 spiro atoms. The number of amides is 1. The van der Waals surface area contributed by atoms with E-state index in [0.717, 1.165) is 36.6 Å². The van der Waals surface area contributed by atoms with Crippen LogP contribution in [-0.4, -0.2) is 38.7 Å². The molecule has 6 heteroatoms. The number of hydrogen-bond donors (Lipinski definition) is 1. The summed E-state index contributed by atoms with van der Waals surface area (Å²) in [6.07, 6.45) is 2.71. The summed E-state index contributed by atoms with van der Waals surface area (Å²) >= 11 is 0. The molecule has 1 aromatic heterocycles. The molecule has 3 heterocycles. The number of carbonyl (C=O) groups excluding carboxylic acids is 1. The van der Waals surface area contributed by atoms with Gasteiger partial charge in [0.2, 0.25) is 0 Å². The maximum absolute atomic E-state index is 12.6. The van der Waals surface area contributed by atoms with Crippen LogP contribution in [0.1, 0.15) is 21.7 Å². The lowest BCUT2D eigenvalue weighted by molar-refractivity contribution is 0.0707. The van der Waals surface area contributed by atoms with Gasteiger partial charge in [0, 0.05) is 30.9 Å². The molecule has 0 unspecified atom stereocenters. The number of aromatic nitrogens is 3. The molecule has 1 amide bonds. The smallest absolute Gasteiger partial charge is 0.254 e. The first-order valence-corrected chi connectivity index (χ1v) is 6.84. The Hall–Kier alpha value is -2.37. The van der Waals surface area contributed by atoms with E-state index >= 15 is 0 Å². The van der Waals surface area contributed by atoms with E-state index in [4.69, 9.17) is 0 Å². The summed E-state index contributed by atoms with van der Waals surface area (Å²) in [5.74, 6) is 0.932. The third kappa shape index (κ3) is 1.76. The second kappa shape index (κ2) is 4.33. The van der Waals surface area contributed by atoms with Crippen LogP contribution < -0.4 is 5.32 Å². The molecule has 0 bridgehead atoms. The van der Waals surface area contributed by atoms with Gasteiger partial charge in [-0.2, -0.15) is 0 Å². The minimum Gasteiger partial charge on any atom is -0.384 e. The number of hydrogen-bond acceptors (Lipinski definition) is 4. The van der Waals surface area contributed by atoms with Crippen LogP contribution in [0.25, 0.3) is 0 Å². The van der Waals surface area contributed by atoms with E-state index < -0.39 is 0 Å². The second-order valence-corrected chi connectivity index (χ2v) is 5.22. The number of anilines is 1. The summed E-state index contributed by atoms with van der Waals surface area (Å²) < 4.78 is 2.00. The first-order chi connectivity index (χ1) is 9.81. The quantitative estimate of drug-likeness (QED) is 0.835. The van der Waals surface area contributed by atoms with E-state index in [1.165, 1.54) is 5.56 Å². The molecule has 2 aromatic rings. The van der Waals surface area contributed by atoms with Crippen molar-refractivity contribution in [1.29, 1.82) is 0 Å². The Bertz CT molecular complexity index is 678. The Morgan fingerprint density at radius 2 is 2.25 bits per heavy atom. The predicted molar refractivity (Wildman–Crippen MR) is 73.4 cm³/mol. The van der Waals surface area contributed by atoms with Crippen molar-refractivity contribution in [2.75, 3.05) is 18.4 Å². The number of carbonyl (C=O) groups is 1. The van der Waals surface area contributed by atoms with Crippen LogP contribution in [0, 0.1) is 0 Å². The van der Waals surface area contributed by atoms with Crippen LogP contribution >= 0.6 is 0 Å². The van der Waals surface area contributed by atoms with Crippen LogP contribution in [0.3, 0.4) is 0 Å². The van der Waals surface area contributed by atoms with Gasteiger partial charge in [0.1, 0.15) is 6.33 Å². The van der Waals surface area contributed by atoms with E-state index in [1.54, 1.807) is 6.33 Å². The van der Waals surface area contributed by atoms with Gasteiger partial charge in [0.25, 0.3) is 5.91 Å². The molecule has 102 valence electrons. The molecule has 0 fully saturated rings. The fourth-order valence-corrected chi connectivity index (χ4v) is 2.86. The number of rotatable bonds is 1. The van der Waals surface area contributed by atoms with Crippen molar-refractivity contribution in [2.24, 2.45) is 0 Å². The lowest BCUT2D eigenvalue weighted by atomic mass is 10.1. The van der Waals surface area contributed by atoms with Crippen molar-refractivity contribution in [1.82, 2.24) is 19.7 Å². The second-order valence-electron chi connectivity index (χ2n) is 5.22. The first-order valence-electron chi connectivity index (χ1n) is 6.84. The molecule has 0 atom stereocenters. The van der Waals surface area contributed by atoms with E-state index in [1.807, 2.05) is 27.7 Å². The molecule has 1 N–H and O–H groups in total. The molecule has 0 radical (unpaired) electrons. The Labute approximate surface area is 116 Å². The van der Waals surface area contributed by atoms with Crippen LogP contribution in [-0.2, 0) is 19.5 Å². The molecular formula is C14H15N5O. The SMILES string of the molecule is O=C(c1ccc2c(c1)CCN2)N1CCn2cnnc2C1. The molecule has 0 aliphatic carbocycles. The largest absolute Gasteiger partial charge is 0.384 e. The first kappa shape index (κ1) is 11.5. The van der Waals surface area contributed by atoms with Crippen LogP contribution in [0.5, 0.6) is 0 Å². The van der Waals surface area contributed by atoms with Crippen molar-refractivity contribution >= 4 is 11.6 Å². The molecular weight excluding hydrogens is 254 g/mol. The van der Waals surface area contributed by atoms with Gasteiger partial charge in [0.15, 0.2) is 5.82 Å². The van der Waals surface area contributed by atoms with Crippen LogP contribution in [0.2, 0.25) is 0 Å². The maximum Gasteiger partial charge on any atom is 0.254 e. The normalized spacial score (nSPS) is 16.5. The number of nitrogens with zero attached hydrogens (tertiary/aromatic N) is 4. The zero-order chi connectivity index (χ0) is 13.5. The third-order valence-electron chi connectivity index (χ3n) is 3.99. The van der Waals surface area contributed by atoms with Gasteiger partial charge in [0.05, 0.1) is 6.54 Å². The highest BCUT2D eigenvalue weighted by Gasteiger charge is 2.23. The topological polar surface area (TPSA) is 63.1 Å². The monoisotopic (exact) mass is 269 g/mol. The summed E-state index contributed by atoms with van der Waals surface area (Å²) in [6.45, 7) is 2.97. The fourth-order valence-electron chi connectivity index (χ4n) is 2.86. The van der Waals surface area contributed by atoms with Gasteiger partial charge in [-0.3, -0.25) is 4.79 Å². The van der Waals surface area contributed by atoms with E-state index in [9.17, 15) is 4.79 Å². The molecule has 6 nitrogen and oxygen atoms in total. The van der Waals surface area contributed by atoms with E-state index in [2.05, 4.69) is 15.5 Å². The van der Waals surface area contributed by atoms with Crippen molar-refractivity contribution in [3.05, 3.63) is 41.5 Å². The van der Waals surface area contributed by atoms with Gasteiger partial charge in [-0.25, -0.2) is 0 Å². The lowest BCUT2D eigenvalue weighted by Gasteiger charge is -2.27. The van der Waals surface area contributed by atoms with Gasteiger partial charge >= 0.3 is 0 Å². The summed E-state index contributed by atoms with van der Waals surface area (Å²) in [5.41, 5.74) is 3.15. The van der Waals surface area contributed by atoms with Crippen LogP contribution in [0.15, 0.2) is 24.5 Å². The highest BCUT2D eigenvalue weighted by Crippen LogP contribution is 2.24. The predicted octanol–water partition coefficient (Wildman–Crippen LogP) is 0.902. The lowest BCUT2D eigenvalue weighted by Crippen LogP contribution is -2.38. The summed E-state index contributed by atoms with van der Waals surface area (Å²) in [5, 5.41) is 11.2. The molecule has 4 rings (SSSR count). The van der Waals surface area contributed by atoms with Crippen molar-refractivity contribution in [3.8, 4) is 0 Å². The Balaban J connectivity index is 1.59. The maximum atomic E-state index is 12.6. The minimum atomic E-state index is 0.0777. The summed E-state index contributed by atoms with van der Waals surface area (Å²) in [7, 11) is 0. The molecule has 0 saturated heterocycles. The van der Waals surface area contributed by atoms with Gasteiger partial charge in [-0.1, -0.05) is 0 Å². The van der Waals surface area contributed by atoms with E-state index in [0.29, 0.717) is 13.1 Å². The summed E-state index contributed by atoms with van der Waals surface area (Å²) in [6, 6.07) is 5.91. The average Bonchev–Trinajstić information content (AvgIpc) is 3.13.